The highest BCUT2D eigenvalue weighted by molar-refractivity contribution is 9.10. The quantitative estimate of drug-likeness (QED) is 0.869. The van der Waals surface area contributed by atoms with Crippen molar-refractivity contribution in [3.63, 3.8) is 0 Å². The Labute approximate surface area is 131 Å². The molecule has 0 unspecified atom stereocenters. The van der Waals surface area contributed by atoms with Gasteiger partial charge in [0.2, 0.25) is 6.79 Å². The lowest BCUT2D eigenvalue weighted by atomic mass is 10.1. The Bertz CT molecular complexity index is 628. The van der Waals surface area contributed by atoms with Crippen LogP contribution < -0.4 is 14.8 Å². The van der Waals surface area contributed by atoms with Crippen LogP contribution >= 0.6 is 15.9 Å². The van der Waals surface area contributed by atoms with E-state index in [2.05, 4.69) is 21.2 Å². The summed E-state index contributed by atoms with van der Waals surface area (Å²) < 4.78 is 11.7. The number of benzene rings is 2. The van der Waals surface area contributed by atoms with E-state index in [0.717, 1.165) is 32.8 Å². The summed E-state index contributed by atoms with van der Waals surface area (Å²) >= 11 is 3.55. The van der Waals surface area contributed by atoms with Crippen LogP contribution in [0.3, 0.4) is 0 Å². The molecule has 4 nitrogen and oxygen atoms in total. The minimum Gasteiger partial charge on any atom is -0.454 e. The van der Waals surface area contributed by atoms with Gasteiger partial charge in [0.1, 0.15) is 0 Å². The fourth-order valence-corrected chi connectivity index (χ4v) is 2.67. The van der Waals surface area contributed by atoms with Crippen LogP contribution in [0.2, 0.25) is 0 Å². The first-order chi connectivity index (χ1) is 10.3. The Kier molecular flexibility index (Phi) is 4.31. The Hall–Kier alpha value is -1.72. The number of fused-ring (bicyclic) bond motifs is 1. The number of hydrogen-bond donors (Lipinski definition) is 2. The molecule has 0 aliphatic carbocycles. The van der Waals surface area contributed by atoms with Gasteiger partial charge in [-0.15, -0.1) is 0 Å². The van der Waals surface area contributed by atoms with Gasteiger partial charge >= 0.3 is 0 Å². The average molecular weight is 350 g/mol. The highest BCUT2D eigenvalue weighted by Gasteiger charge is 2.16. The Morgan fingerprint density at radius 1 is 1.10 bits per heavy atom. The highest BCUT2D eigenvalue weighted by atomic mass is 79.9. The van der Waals surface area contributed by atoms with E-state index in [-0.39, 0.29) is 13.4 Å². The van der Waals surface area contributed by atoms with Crippen LogP contribution in [-0.4, -0.2) is 18.5 Å². The topological polar surface area (TPSA) is 50.7 Å². The van der Waals surface area contributed by atoms with E-state index in [1.54, 1.807) is 0 Å². The summed E-state index contributed by atoms with van der Waals surface area (Å²) in [6.45, 7) is 1.15. The predicted molar refractivity (Wildman–Crippen MR) is 84.8 cm³/mol. The maximum atomic E-state index is 8.91. The fraction of sp³-hybridized carbons (Fsp3) is 0.250. The van der Waals surface area contributed by atoms with E-state index in [4.69, 9.17) is 14.6 Å². The molecule has 0 fully saturated rings. The Morgan fingerprint density at radius 2 is 1.81 bits per heavy atom. The number of anilines is 1. The summed E-state index contributed by atoms with van der Waals surface area (Å²) in [4.78, 5) is 0. The lowest BCUT2D eigenvalue weighted by Crippen LogP contribution is -2.00. The third-order valence-electron chi connectivity index (χ3n) is 3.38. The zero-order valence-corrected chi connectivity index (χ0v) is 13.0. The number of ether oxygens (including phenoxy) is 2. The van der Waals surface area contributed by atoms with E-state index in [1.807, 2.05) is 36.4 Å². The molecular formula is C16H16BrNO3. The van der Waals surface area contributed by atoms with Crippen molar-refractivity contribution < 1.29 is 14.6 Å². The third-order valence-corrected chi connectivity index (χ3v) is 4.12. The fourth-order valence-electron chi connectivity index (χ4n) is 2.21. The molecule has 110 valence electrons. The van der Waals surface area contributed by atoms with Crippen LogP contribution in [0.15, 0.2) is 40.9 Å². The number of hydrogen-bond acceptors (Lipinski definition) is 4. The van der Waals surface area contributed by atoms with Gasteiger partial charge in [-0.05, 0) is 41.8 Å². The molecule has 1 aliphatic rings. The second-order valence-electron chi connectivity index (χ2n) is 4.82. The van der Waals surface area contributed by atoms with Gasteiger partial charge in [0.15, 0.2) is 11.5 Å². The van der Waals surface area contributed by atoms with E-state index in [9.17, 15) is 0 Å². The molecule has 2 aromatic carbocycles. The highest BCUT2D eigenvalue weighted by Crippen LogP contribution is 2.37. The molecule has 21 heavy (non-hydrogen) atoms. The van der Waals surface area contributed by atoms with Crippen molar-refractivity contribution in [1.29, 1.82) is 0 Å². The first kappa shape index (κ1) is 14.2. The van der Waals surface area contributed by atoms with Crippen LogP contribution in [0.25, 0.3) is 0 Å². The standard InChI is InChI=1S/C16H16BrNO3/c17-14-8-16-15(20-10-21-16)7-12(14)9-18-13-3-1-11(2-4-13)5-6-19/h1-4,7-8,18-19H,5-6,9-10H2. The van der Waals surface area contributed by atoms with Crippen molar-refractivity contribution in [1.82, 2.24) is 0 Å². The first-order valence-corrected chi connectivity index (χ1v) is 7.57. The van der Waals surface area contributed by atoms with Gasteiger partial charge in [-0.1, -0.05) is 28.1 Å². The van der Waals surface area contributed by atoms with Gasteiger partial charge in [0.05, 0.1) is 0 Å². The second-order valence-corrected chi connectivity index (χ2v) is 5.68. The molecule has 0 spiro atoms. The molecule has 5 heteroatoms. The number of halogens is 1. The number of aliphatic hydroxyl groups is 1. The van der Waals surface area contributed by atoms with Crippen molar-refractivity contribution in [3.05, 3.63) is 52.0 Å². The van der Waals surface area contributed by atoms with Gasteiger partial charge in [0.25, 0.3) is 0 Å². The monoisotopic (exact) mass is 349 g/mol. The molecule has 0 atom stereocenters. The molecule has 0 amide bonds. The largest absolute Gasteiger partial charge is 0.454 e. The minimum atomic E-state index is 0.177. The van der Waals surface area contributed by atoms with Crippen molar-refractivity contribution in [2.75, 3.05) is 18.7 Å². The van der Waals surface area contributed by atoms with Gasteiger partial charge in [-0.3, -0.25) is 0 Å². The maximum Gasteiger partial charge on any atom is 0.231 e. The van der Waals surface area contributed by atoms with Crippen LogP contribution in [0, 0.1) is 0 Å². The average Bonchev–Trinajstić information content (AvgIpc) is 2.93. The van der Waals surface area contributed by atoms with Crippen LogP contribution in [0.1, 0.15) is 11.1 Å². The molecule has 2 aromatic rings. The summed E-state index contributed by atoms with van der Waals surface area (Å²) in [6, 6.07) is 12.0. The van der Waals surface area contributed by atoms with Crippen molar-refractivity contribution in [3.8, 4) is 11.5 Å². The molecular weight excluding hydrogens is 334 g/mol. The van der Waals surface area contributed by atoms with Gasteiger partial charge < -0.3 is 19.9 Å². The predicted octanol–water partition coefficient (Wildman–Crippen LogP) is 3.32. The molecule has 1 aliphatic heterocycles. The van der Waals surface area contributed by atoms with Crippen LogP contribution in [-0.2, 0) is 13.0 Å². The zero-order chi connectivity index (χ0) is 14.7. The smallest absolute Gasteiger partial charge is 0.231 e. The van der Waals surface area contributed by atoms with Crippen LogP contribution in [0.4, 0.5) is 5.69 Å². The molecule has 3 rings (SSSR count). The number of aliphatic hydroxyl groups excluding tert-OH is 1. The summed E-state index contributed by atoms with van der Waals surface area (Å²) in [6.07, 6.45) is 0.688. The molecule has 0 saturated carbocycles. The Morgan fingerprint density at radius 3 is 2.52 bits per heavy atom. The van der Waals surface area contributed by atoms with Gasteiger partial charge in [-0.25, -0.2) is 0 Å². The van der Waals surface area contributed by atoms with Gasteiger partial charge in [0, 0.05) is 23.3 Å². The van der Waals surface area contributed by atoms with Crippen molar-refractivity contribution in [2.24, 2.45) is 0 Å². The lowest BCUT2D eigenvalue weighted by molar-refractivity contribution is 0.174. The van der Waals surface area contributed by atoms with Crippen molar-refractivity contribution in [2.45, 2.75) is 13.0 Å². The van der Waals surface area contributed by atoms with E-state index in [1.165, 1.54) is 0 Å². The second kappa shape index (κ2) is 6.37. The molecule has 0 saturated heterocycles. The first-order valence-electron chi connectivity index (χ1n) is 6.78. The van der Waals surface area contributed by atoms with Crippen LogP contribution in [0.5, 0.6) is 11.5 Å². The summed E-state index contributed by atoms with van der Waals surface area (Å²) in [7, 11) is 0. The maximum absolute atomic E-state index is 8.91. The summed E-state index contributed by atoms with van der Waals surface area (Å²) in [5.74, 6) is 1.56. The molecule has 0 bridgehead atoms. The molecule has 1 heterocycles. The molecule has 0 radical (unpaired) electrons. The summed E-state index contributed by atoms with van der Waals surface area (Å²) in [5.41, 5.74) is 3.28. The SMILES string of the molecule is OCCc1ccc(NCc2cc3c(cc2Br)OCO3)cc1. The van der Waals surface area contributed by atoms with E-state index in [0.29, 0.717) is 13.0 Å². The normalized spacial score (nSPS) is 12.5. The van der Waals surface area contributed by atoms with Gasteiger partial charge in [-0.2, -0.15) is 0 Å². The number of rotatable bonds is 5. The van der Waals surface area contributed by atoms with E-state index < -0.39 is 0 Å². The Balaban J connectivity index is 1.67. The van der Waals surface area contributed by atoms with E-state index >= 15 is 0 Å². The lowest BCUT2D eigenvalue weighted by Gasteiger charge is -2.10. The minimum absolute atomic E-state index is 0.177. The zero-order valence-electron chi connectivity index (χ0n) is 11.4. The number of nitrogens with one attached hydrogen (secondary N) is 1. The third kappa shape index (κ3) is 3.31. The summed E-state index contributed by atoms with van der Waals surface area (Å²) in [5, 5.41) is 12.3. The molecule has 2 N–H and O–H groups in total. The van der Waals surface area contributed by atoms with Crippen molar-refractivity contribution >= 4 is 21.6 Å². The molecule has 0 aromatic heterocycles.